The zero-order chi connectivity index (χ0) is 17.3. The van der Waals surface area contributed by atoms with Crippen LogP contribution >= 0.6 is 0 Å². The molecule has 2 aromatic heterocycles. The summed E-state index contributed by atoms with van der Waals surface area (Å²) in [5.74, 6) is 1.79. The molecule has 0 bridgehead atoms. The van der Waals surface area contributed by atoms with Gasteiger partial charge in [-0.15, -0.1) is 0 Å². The van der Waals surface area contributed by atoms with Crippen LogP contribution in [0, 0.1) is 13.8 Å². The van der Waals surface area contributed by atoms with Gasteiger partial charge in [0.1, 0.15) is 11.5 Å². The molecule has 2 heterocycles. The molecule has 1 atom stereocenters. The highest BCUT2D eigenvalue weighted by Gasteiger charge is 2.16. The number of methoxy groups -OCH3 is 2. The Kier molecular flexibility index (Phi) is 5.76. The van der Waals surface area contributed by atoms with E-state index in [9.17, 15) is 4.21 Å². The molecule has 0 aliphatic rings. The van der Waals surface area contributed by atoms with E-state index in [-0.39, 0.29) is 11.2 Å². The van der Waals surface area contributed by atoms with Crippen LogP contribution in [0.5, 0.6) is 11.5 Å². The first-order valence-corrected chi connectivity index (χ1v) is 8.76. The van der Waals surface area contributed by atoms with Crippen LogP contribution in [-0.2, 0) is 16.6 Å². The number of nitrogens with zero attached hydrogens (tertiary/aromatic N) is 2. The van der Waals surface area contributed by atoms with E-state index in [4.69, 9.17) is 9.47 Å². The van der Waals surface area contributed by atoms with Crippen molar-refractivity contribution in [3.05, 3.63) is 41.2 Å². The fourth-order valence-electron chi connectivity index (χ4n) is 2.61. The topological polar surface area (TPSA) is 109 Å². The van der Waals surface area contributed by atoms with Crippen LogP contribution in [0.25, 0.3) is 11.0 Å². The standard InChI is InChI=1S/C17H19N3O3S.H2O/c1-10-8-18-15(11(2)16(10)23-4)9-24(21)17-19-13-6-5-12(22-3)7-14(13)20-17;/h5-8H,9H2,1-4H3,(H,19,20);1H2/t24-;/m1./s1. The van der Waals surface area contributed by atoms with Gasteiger partial charge in [-0.2, -0.15) is 0 Å². The molecule has 0 radical (unpaired) electrons. The Morgan fingerprint density at radius 2 is 1.96 bits per heavy atom. The Balaban J connectivity index is 0.00000225. The van der Waals surface area contributed by atoms with Crippen molar-refractivity contribution in [3.63, 3.8) is 0 Å². The Bertz CT molecular complexity index is 924. The van der Waals surface area contributed by atoms with E-state index in [0.29, 0.717) is 5.16 Å². The lowest BCUT2D eigenvalue weighted by Gasteiger charge is -2.11. The fourth-order valence-corrected chi connectivity index (χ4v) is 3.71. The number of imidazole rings is 1. The zero-order valence-corrected chi connectivity index (χ0v) is 15.4. The third-order valence-corrected chi connectivity index (χ3v) is 5.06. The van der Waals surface area contributed by atoms with Crippen molar-refractivity contribution in [2.24, 2.45) is 0 Å². The number of H-pyrrole nitrogens is 1. The number of aryl methyl sites for hydroxylation is 1. The van der Waals surface area contributed by atoms with E-state index >= 15 is 0 Å². The Morgan fingerprint density at radius 3 is 2.64 bits per heavy atom. The van der Waals surface area contributed by atoms with E-state index in [1.54, 1.807) is 20.4 Å². The summed E-state index contributed by atoms with van der Waals surface area (Å²) in [5, 5.41) is 0.430. The number of hydrogen-bond donors (Lipinski definition) is 1. The van der Waals surface area contributed by atoms with Gasteiger partial charge in [0.15, 0.2) is 5.16 Å². The number of fused-ring (bicyclic) bond motifs is 1. The van der Waals surface area contributed by atoms with Crippen LogP contribution < -0.4 is 9.47 Å². The number of aromatic nitrogens is 3. The summed E-state index contributed by atoms with van der Waals surface area (Å²) >= 11 is 0. The molecule has 25 heavy (non-hydrogen) atoms. The van der Waals surface area contributed by atoms with Gasteiger partial charge in [-0.1, -0.05) is 0 Å². The molecule has 3 aromatic rings. The van der Waals surface area contributed by atoms with E-state index in [1.165, 1.54) is 0 Å². The number of hydrogen-bond acceptors (Lipinski definition) is 5. The first kappa shape index (κ1) is 18.9. The summed E-state index contributed by atoms with van der Waals surface area (Å²) in [6.45, 7) is 3.86. The molecule has 0 fully saturated rings. The van der Waals surface area contributed by atoms with E-state index in [0.717, 1.165) is 39.4 Å². The molecule has 0 saturated carbocycles. The van der Waals surface area contributed by atoms with Crippen LogP contribution in [0.15, 0.2) is 29.6 Å². The summed E-state index contributed by atoms with van der Waals surface area (Å²) in [5.41, 5.74) is 4.16. The van der Waals surface area contributed by atoms with E-state index in [1.807, 2.05) is 32.0 Å². The van der Waals surface area contributed by atoms with Gasteiger partial charge in [-0.25, -0.2) is 4.98 Å². The third kappa shape index (κ3) is 3.64. The summed E-state index contributed by atoms with van der Waals surface area (Å²) in [4.78, 5) is 11.9. The quantitative estimate of drug-likeness (QED) is 0.746. The van der Waals surface area contributed by atoms with Gasteiger partial charge >= 0.3 is 0 Å². The largest absolute Gasteiger partial charge is 0.497 e. The van der Waals surface area contributed by atoms with Gasteiger partial charge in [0.25, 0.3) is 0 Å². The van der Waals surface area contributed by atoms with Gasteiger partial charge in [-0.3, -0.25) is 9.19 Å². The summed E-state index contributed by atoms with van der Waals surface area (Å²) < 4.78 is 23.3. The maximum Gasteiger partial charge on any atom is 0.197 e. The molecule has 3 N–H and O–H groups in total. The summed E-state index contributed by atoms with van der Waals surface area (Å²) in [6, 6.07) is 5.50. The second-order valence-electron chi connectivity index (χ2n) is 5.46. The number of pyridine rings is 1. The fraction of sp³-hybridized carbons (Fsp3) is 0.294. The maximum absolute atomic E-state index is 12.7. The molecule has 8 heteroatoms. The predicted octanol–water partition coefficient (Wildman–Crippen LogP) is 2.08. The summed E-state index contributed by atoms with van der Waals surface area (Å²) in [6.07, 6.45) is 1.74. The lowest BCUT2D eigenvalue weighted by molar-refractivity contribution is 0.407. The molecule has 0 aliphatic carbocycles. The van der Waals surface area contributed by atoms with Gasteiger partial charge in [0, 0.05) is 23.4 Å². The minimum Gasteiger partial charge on any atom is -0.497 e. The minimum atomic E-state index is -1.33. The monoisotopic (exact) mass is 363 g/mol. The lowest BCUT2D eigenvalue weighted by atomic mass is 10.1. The van der Waals surface area contributed by atoms with Crippen molar-refractivity contribution < 1.29 is 19.2 Å². The van der Waals surface area contributed by atoms with Crippen molar-refractivity contribution in [2.75, 3.05) is 14.2 Å². The van der Waals surface area contributed by atoms with E-state index < -0.39 is 10.8 Å². The van der Waals surface area contributed by atoms with Crippen molar-refractivity contribution in [1.29, 1.82) is 0 Å². The first-order chi connectivity index (χ1) is 11.5. The van der Waals surface area contributed by atoms with Crippen LogP contribution in [0.1, 0.15) is 16.8 Å². The Morgan fingerprint density at radius 1 is 1.20 bits per heavy atom. The highest BCUT2D eigenvalue weighted by molar-refractivity contribution is 7.84. The number of ether oxygens (including phenoxy) is 2. The third-order valence-electron chi connectivity index (χ3n) is 3.90. The number of aromatic amines is 1. The van der Waals surface area contributed by atoms with Gasteiger partial charge in [-0.05, 0) is 26.0 Å². The molecule has 0 spiro atoms. The van der Waals surface area contributed by atoms with Gasteiger partial charge in [0.05, 0.1) is 47.5 Å². The normalized spacial score (nSPS) is 11.8. The Labute approximate surface area is 148 Å². The van der Waals surface area contributed by atoms with E-state index in [2.05, 4.69) is 15.0 Å². The smallest absolute Gasteiger partial charge is 0.197 e. The molecular weight excluding hydrogens is 342 g/mol. The van der Waals surface area contributed by atoms with Crippen LogP contribution in [0.4, 0.5) is 0 Å². The molecule has 3 rings (SSSR count). The van der Waals surface area contributed by atoms with Crippen molar-refractivity contribution >= 4 is 21.8 Å². The molecule has 0 aliphatic heterocycles. The number of benzene rings is 1. The average Bonchev–Trinajstić information content (AvgIpc) is 3.01. The van der Waals surface area contributed by atoms with Crippen LogP contribution in [0.2, 0.25) is 0 Å². The molecular formula is C17H21N3O4S. The average molecular weight is 363 g/mol. The second kappa shape index (κ2) is 7.62. The van der Waals surface area contributed by atoms with Gasteiger partial charge < -0.3 is 19.9 Å². The zero-order valence-electron chi connectivity index (χ0n) is 14.5. The molecule has 1 aromatic carbocycles. The molecule has 0 unspecified atom stereocenters. The summed E-state index contributed by atoms with van der Waals surface area (Å²) in [7, 11) is 1.91. The maximum atomic E-state index is 12.7. The second-order valence-corrected chi connectivity index (χ2v) is 6.83. The molecule has 7 nitrogen and oxygen atoms in total. The van der Waals surface area contributed by atoms with Crippen LogP contribution in [0.3, 0.4) is 0 Å². The lowest BCUT2D eigenvalue weighted by Crippen LogP contribution is -2.05. The number of rotatable bonds is 5. The molecule has 0 saturated heterocycles. The van der Waals surface area contributed by atoms with Crippen LogP contribution in [-0.4, -0.2) is 38.9 Å². The van der Waals surface area contributed by atoms with Crippen molar-refractivity contribution in [3.8, 4) is 11.5 Å². The SMILES string of the molecule is COc1ccc2nc([S@](=O)Cc3ncc(C)c(OC)c3C)[nH]c2c1.O. The predicted molar refractivity (Wildman–Crippen MR) is 96.6 cm³/mol. The van der Waals surface area contributed by atoms with Crippen molar-refractivity contribution in [2.45, 2.75) is 24.8 Å². The highest BCUT2D eigenvalue weighted by atomic mass is 32.2. The highest BCUT2D eigenvalue weighted by Crippen LogP contribution is 2.26. The first-order valence-electron chi connectivity index (χ1n) is 7.44. The van der Waals surface area contributed by atoms with Crippen molar-refractivity contribution in [1.82, 2.24) is 15.0 Å². The minimum absolute atomic E-state index is 0. The number of nitrogens with one attached hydrogen (secondary N) is 1. The molecule has 134 valence electrons. The van der Waals surface area contributed by atoms with Gasteiger partial charge in [0.2, 0.25) is 0 Å². The molecule has 0 amide bonds. The Hall–Kier alpha value is -2.45.